The summed E-state index contributed by atoms with van der Waals surface area (Å²) in [5.41, 5.74) is 3.71. The number of rotatable bonds is 8. The van der Waals surface area contributed by atoms with E-state index < -0.39 is 18.1 Å². The number of allylic oxidation sites excluding steroid dienone is 2. The predicted molar refractivity (Wildman–Crippen MR) is 188 cm³/mol. The zero-order valence-corrected chi connectivity index (χ0v) is 28.8. The van der Waals surface area contributed by atoms with Crippen molar-refractivity contribution in [3.05, 3.63) is 70.1 Å². The third kappa shape index (κ3) is 11.2. The Morgan fingerprint density at radius 3 is 2.42 bits per heavy atom. The van der Waals surface area contributed by atoms with Gasteiger partial charge >= 0.3 is 12.1 Å². The van der Waals surface area contributed by atoms with Crippen molar-refractivity contribution < 1.29 is 23.9 Å². The third-order valence-electron chi connectivity index (χ3n) is 7.26. The Morgan fingerprint density at radius 1 is 1.09 bits per heavy atom. The lowest BCUT2D eigenvalue weighted by Gasteiger charge is -2.24. The van der Waals surface area contributed by atoms with Gasteiger partial charge in [0, 0.05) is 17.3 Å². The fraction of sp³-hybridized carbons (Fsp3) is 0.486. The number of terminal acetylenes is 1. The van der Waals surface area contributed by atoms with E-state index in [9.17, 15) is 14.4 Å². The lowest BCUT2D eigenvalue weighted by atomic mass is 9.96. The topological polar surface area (TPSA) is 84.9 Å². The van der Waals surface area contributed by atoms with E-state index in [-0.39, 0.29) is 25.0 Å². The number of carbonyl (C=O) groups excluding carboxylic acids is 3. The molecule has 4 rings (SSSR count). The number of benzene rings is 1. The summed E-state index contributed by atoms with van der Waals surface area (Å²) in [5.74, 6) is -0.667. The van der Waals surface area contributed by atoms with E-state index in [1.165, 1.54) is 16.2 Å². The Bertz CT molecular complexity index is 1280. The van der Waals surface area contributed by atoms with Gasteiger partial charge in [-0.3, -0.25) is 9.69 Å². The quantitative estimate of drug-likeness (QED) is 0.135. The number of hydrogen-bond acceptors (Lipinski definition) is 6. The van der Waals surface area contributed by atoms with Crippen molar-refractivity contribution in [2.45, 2.75) is 98.4 Å². The Labute approximate surface area is 275 Å². The molecule has 1 aromatic carbocycles. The molecule has 1 aliphatic carbocycles. The largest absolute Gasteiger partial charge is 0.462 e. The van der Waals surface area contributed by atoms with Crippen molar-refractivity contribution in [2.24, 2.45) is 0 Å². The first-order valence-corrected chi connectivity index (χ1v) is 16.9. The minimum absolute atomic E-state index is 0.00915. The van der Waals surface area contributed by atoms with Gasteiger partial charge < -0.3 is 14.8 Å². The van der Waals surface area contributed by atoms with Crippen LogP contribution in [0.4, 0.5) is 9.80 Å². The molecule has 2 aromatic rings. The molecule has 1 fully saturated rings. The smallest absolute Gasteiger partial charge is 0.410 e. The van der Waals surface area contributed by atoms with Gasteiger partial charge in [-0.15, -0.1) is 30.8 Å². The number of nitrogens with one attached hydrogen (secondary N) is 1. The van der Waals surface area contributed by atoms with Crippen LogP contribution in [0, 0.1) is 12.8 Å². The van der Waals surface area contributed by atoms with Crippen molar-refractivity contribution in [3.63, 3.8) is 0 Å². The summed E-state index contributed by atoms with van der Waals surface area (Å²) in [6, 6.07) is 7.43. The highest BCUT2D eigenvalue weighted by atomic mass is 32.1. The second-order valence-electron chi connectivity index (χ2n) is 10.3. The predicted octanol–water partition coefficient (Wildman–Crippen LogP) is 9.04. The average molecular weight is 637 g/mol. The minimum atomic E-state index is -0.634. The number of thiophene rings is 1. The van der Waals surface area contributed by atoms with Crippen LogP contribution in [0.2, 0.25) is 0 Å². The van der Waals surface area contributed by atoms with Crippen LogP contribution in [-0.2, 0) is 27.1 Å². The average Bonchev–Trinajstić information content (AvgIpc) is 3.61. The van der Waals surface area contributed by atoms with Gasteiger partial charge in [0.2, 0.25) is 5.91 Å². The fourth-order valence-corrected chi connectivity index (χ4v) is 6.64. The number of aryl methyl sites for hydroxylation is 1. The molecule has 2 atom stereocenters. The fourth-order valence-electron chi connectivity index (χ4n) is 5.36. The molecule has 0 saturated carbocycles. The van der Waals surface area contributed by atoms with Crippen molar-refractivity contribution in [3.8, 4) is 12.8 Å². The first kappa shape index (κ1) is 39.2. The highest BCUT2D eigenvalue weighted by Gasteiger charge is 2.37. The van der Waals surface area contributed by atoms with E-state index in [4.69, 9.17) is 9.47 Å². The molecule has 0 bridgehead atoms. The molecule has 1 aliphatic heterocycles. The van der Waals surface area contributed by atoms with Gasteiger partial charge in [-0.05, 0) is 76.0 Å². The second-order valence-corrected chi connectivity index (χ2v) is 11.5. The SMILES string of the molecule is C#C.C/C=C/c1ccccc1C(C)COC(=O)N1CCC[C@@H]1C(=O)Nc1sc2c(c1C(=O)OCC)CCCCC2.C=CC.CC. The molecular weight excluding hydrogens is 584 g/mol. The monoisotopic (exact) mass is 636 g/mol. The van der Waals surface area contributed by atoms with Crippen LogP contribution in [0.3, 0.4) is 0 Å². The van der Waals surface area contributed by atoms with Gasteiger partial charge in [-0.1, -0.05) is 69.7 Å². The minimum Gasteiger partial charge on any atom is -0.462 e. The van der Waals surface area contributed by atoms with Crippen molar-refractivity contribution in [1.82, 2.24) is 4.90 Å². The van der Waals surface area contributed by atoms with Crippen LogP contribution < -0.4 is 5.32 Å². The molecule has 1 unspecified atom stereocenters. The Morgan fingerprint density at radius 2 is 1.76 bits per heavy atom. The summed E-state index contributed by atoms with van der Waals surface area (Å²) >= 11 is 1.47. The van der Waals surface area contributed by atoms with Crippen molar-refractivity contribution >= 4 is 40.4 Å². The number of hydrogen-bond donors (Lipinski definition) is 1. The molecule has 1 saturated heterocycles. The highest BCUT2D eigenvalue weighted by molar-refractivity contribution is 7.17. The van der Waals surface area contributed by atoms with Crippen molar-refractivity contribution in [1.29, 1.82) is 0 Å². The maximum atomic E-state index is 13.4. The first-order chi connectivity index (χ1) is 21.9. The van der Waals surface area contributed by atoms with Gasteiger partial charge in [0.05, 0.1) is 18.8 Å². The third-order valence-corrected chi connectivity index (χ3v) is 8.46. The lowest BCUT2D eigenvalue weighted by Crippen LogP contribution is -2.43. The number of anilines is 1. The molecular formula is C37H52N2O5S. The van der Waals surface area contributed by atoms with Crippen LogP contribution in [0.25, 0.3) is 6.08 Å². The standard InChI is InChI=1S/C30H38N2O5S.C3H6.C2H6.C2H2/c1-4-12-21-13-9-10-14-22(21)20(3)19-37-30(35)32-18-11-16-24(32)27(33)31-28-26(29(34)36-5-2)23-15-7-6-8-17-25(23)38-28;1-3-2;2*1-2/h4,9-10,12-14,20,24H,5-8,11,15-19H2,1-3H3,(H,31,33);3H,1H2,2H3;1-2H3;1-2H/b12-4+;;;/t20?,24-;;;/m1.../s1. The van der Waals surface area contributed by atoms with E-state index in [1.54, 1.807) is 13.0 Å². The molecule has 0 spiro atoms. The van der Waals surface area contributed by atoms with Crippen LogP contribution in [-0.4, -0.2) is 48.7 Å². The number of ether oxygens (including phenoxy) is 2. The molecule has 2 heterocycles. The Hall–Kier alpha value is -3.83. The number of esters is 1. The summed E-state index contributed by atoms with van der Waals surface area (Å²) in [6.45, 7) is 16.0. The number of likely N-dealkylation sites (tertiary alicyclic amines) is 1. The normalized spacial score (nSPS) is 15.7. The number of nitrogens with zero attached hydrogens (tertiary/aromatic N) is 1. The Balaban J connectivity index is 0.00000134. The maximum absolute atomic E-state index is 13.4. The van der Waals surface area contributed by atoms with Crippen molar-refractivity contribution in [2.75, 3.05) is 25.1 Å². The first-order valence-electron chi connectivity index (χ1n) is 16.0. The van der Waals surface area contributed by atoms with Gasteiger partial charge in [0.1, 0.15) is 11.0 Å². The van der Waals surface area contributed by atoms with E-state index in [2.05, 4.69) is 24.7 Å². The van der Waals surface area contributed by atoms with E-state index in [0.717, 1.165) is 60.1 Å². The summed E-state index contributed by atoms with van der Waals surface area (Å²) in [4.78, 5) is 42.0. The molecule has 246 valence electrons. The molecule has 8 heteroatoms. The van der Waals surface area contributed by atoms with Crippen LogP contribution in [0.15, 0.2) is 43.0 Å². The number of amides is 2. The maximum Gasteiger partial charge on any atom is 0.410 e. The molecule has 45 heavy (non-hydrogen) atoms. The summed E-state index contributed by atoms with van der Waals surface area (Å²) < 4.78 is 11.0. The summed E-state index contributed by atoms with van der Waals surface area (Å²) in [5, 5.41) is 3.53. The zero-order valence-electron chi connectivity index (χ0n) is 28.0. The lowest BCUT2D eigenvalue weighted by molar-refractivity contribution is -0.120. The number of carbonyl (C=O) groups is 3. The molecule has 1 aromatic heterocycles. The van der Waals surface area contributed by atoms with E-state index >= 15 is 0 Å². The summed E-state index contributed by atoms with van der Waals surface area (Å²) in [7, 11) is 0. The number of fused-ring (bicyclic) bond motifs is 1. The van der Waals surface area contributed by atoms with E-state index in [0.29, 0.717) is 23.5 Å². The molecule has 1 N–H and O–H groups in total. The Kier molecular flexibility index (Phi) is 19.0. The van der Waals surface area contributed by atoms with Gasteiger partial charge in [-0.25, -0.2) is 9.59 Å². The zero-order chi connectivity index (χ0) is 33.8. The highest BCUT2D eigenvalue weighted by Crippen LogP contribution is 2.38. The van der Waals surface area contributed by atoms with Crippen LogP contribution in [0.5, 0.6) is 0 Å². The second kappa shape index (κ2) is 21.8. The van der Waals surface area contributed by atoms with Gasteiger partial charge in [0.15, 0.2) is 0 Å². The molecule has 2 amide bonds. The van der Waals surface area contributed by atoms with Gasteiger partial charge in [0.25, 0.3) is 0 Å². The van der Waals surface area contributed by atoms with Crippen LogP contribution in [0.1, 0.15) is 111 Å². The molecule has 7 nitrogen and oxygen atoms in total. The van der Waals surface area contributed by atoms with Gasteiger partial charge in [-0.2, -0.15) is 0 Å². The van der Waals surface area contributed by atoms with Crippen LogP contribution >= 0.6 is 11.3 Å². The molecule has 0 radical (unpaired) electrons. The summed E-state index contributed by atoms with van der Waals surface area (Å²) in [6.07, 6.45) is 19.5. The van der Waals surface area contributed by atoms with E-state index in [1.807, 2.05) is 71.0 Å². The molecule has 2 aliphatic rings.